The van der Waals surface area contributed by atoms with Crippen molar-refractivity contribution in [3.63, 3.8) is 0 Å². The summed E-state index contributed by atoms with van der Waals surface area (Å²) in [5, 5.41) is 0.344. The van der Waals surface area contributed by atoms with Crippen LogP contribution >= 0.6 is 11.3 Å². The van der Waals surface area contributed by atoms with E-state index in [2.05, 4.69) is 12.1 Å². The smallest absolute Gasteiger partial charge is 0.341 e. The molecule has 2 N–H and O–H groups in total. The molecule has 31 heavy (non-hydrogen) atoms. The second kappa shape index (κ2) is 11.7. The first-order chi connectivity index (χ1) is 14.9. The fraction of sp³-hybridized carbons (Fsp3) is 0.208. The maximum absolute atomic E-state index is 11.5. The lowest BCUT2D eigenvalue weighted by Gasteiger charge is -2.04. The highest BCUT2D eigenvalue weighted by atomic mass is 32.1. The Bertz CT molecular complexity index is 1030. The van der Waals surface area contributed by atoms with Gasteiger partial charge in [-0.2, -0.15) is 0 Å². The summed E-state index contributed by atoms with van der Waals surface area (Å²) in [6.45, 7) is 5.28. The maximum atomic E-state index is 11.5. The van der Waals surface area contributed by atoms with Gasteiger partial charge < -0.3 is 15.2 Å². The largest absolute Gasteiger partial charge is 0.486 e. The molecule has 3 aromatic rings. The predicted octanol–water partition coefficient (Wildman–Crippen LogP) is 4.95. The zero-order valence-electron chi connectivity index (χ0n) is 17.7. The van der Waals surface area contributed by atoms with Gasteiger partial charge in [-0.1, -0.05) is 42.5 Å². The topological polar surface area (TPSA) is 95.7 Å². The molecule has 162 valence electrons. The van der Waals surface area contributed by atoms with Crippen molar-refractivity contribution in [2.75, 3.05) is 18.9 Å². The first-order valence-corrected chi connectivity index (χ1v) is 10.5. The molecule has 1 heterocycles. The van der Waals surface area contributed by atoms with E-state index in [1.807, 2.05) is 42.5 Å². The van der Waals surface area contributed by atoms with Gasteiger partial charge in [-0.25, -0.2) is 4.79 Å². The molecule has 0 aliphatic carbocycles. The van der Waals surface area contributed by atoms with Gasteiger partial charge in [-0.3, -0.25) is 9.59 Å². The number of Topliss-reactive ketones (excluding diaryl/α,β-unsaturated/α-hetero) is 1. The molecule has 0 unspecified atom stereocenters. The van der Waals surface area contributed by atoms with Gasteiger partial charge in [0.25, 0.3) is 0 Å². The highest BCUT2D eigenvalue weighted by Crippen LogP contribution is 2.31. The Morgan fingerprint density at radius 1 is 1.03 bits per heavy atom. The van der Waals surface area contributed by atoms with Gasteiger partial charge in [0, 0.05) is 0 Å². The molecule has 0 aliphatic heterocycles. The van der Waals surface area contributed by atoms with Crippen molar-refractivity contribution in [1.29, 1.82) is 0 Å². The SMILES string of the molecule is CCOC(=O)c1c(N)sc(C(C)=O)c1C.O=CCOc1ccc(-c2ccccc2)cc1. The van der Waals surface area contributed by atoms with Gasteiger partial charge in [-0.05, 0) is 49.6 Å². The molecule has 0 radical (unpaired) electrons. The summed E-state index contributed by atoms with van der Waals surface area (Å²) in [6, 6.07) is 17.8. The Kier molecular flexibility index (Phi) is 8.96. The summed E-state index contributed by atoms with van der Waals surface area (Å²) in [6.07, 6.45) is 0.741. The molecule has 6 nitrogen and oxygen atoms in total. The van der Waals surface area contributed by atoms with E-state index in [1.54, 1.807) is 13.8 Å². The minimum Gasteiger partial charge on any atom is -0.486 e. The number of anilines is 1. The van der Waals surface area contributed by atoms with Gasteiger partial charge in [0.15, 0.2) is 12.1 Å². The lowest BCUT2D eigenvalue weighted by Crippen LogP contribution is -2.07. The number of ketones is 1. The van der Waals surface area contributed by atoms with E-state index in [0.717, 1.165) is 23.2 Å². The van der Waals surface area contributed by atoms with Gasteiger partial charge in [0.05, 0.1) is 17.0 Å². The highest BCUT2D eigenvalue weighted by Gasteiger charge is 2.22. The summed E-state index contributed by atoms with van der Waals surface area (Å²) >= 11 is 1.13. The van der Waals surface area contributed by atoms with Crippen molar-refractivity contribution in [1.82, 2.24) is 0 Å². The normalized spacial score (nSPS) is 9.90. The molecule has 2 aromatic carbocycles. The number of hydrogen-bond acceptors (Lipinski definition) is 7. The van der Waals surface area contributed by atoms with E-state index in [9.17, 15) is 14.4 Å². The second-order valence-electron chi connectivity index (χ2n) is 6.44. The minimum atomic E-state index is -0.462. The number of carbonyl (C=O) groups excluding carboxylic acids is 3. The predicted molar refractivity (Wildman–Crippen MR) is 123 cm³/mol. The average Bonchev–Trinajstić information content (AvgIpc) is 3.08. The molecule has 0 aliphatic rings. The van der Waals surface area contributed by atoms with Gasteiger partial charge in [0.2, 0.25) is 0 Å². The van der Waals surface area contributed by atoms with E-state index >= 15 is 0 Å². The van der Waals surface area contributed by atoms with E-state index in [4.69, 9.17) is 15.2 Å². The van der Waals surface area contributed by atoms with Gasteiger partial charge in [-0.15, -0.1) is 11.3 Å². The van der Waals surface area contributed by atoms with Crippen molar-refractivity contribution in [3.8, 4) is 16.9 Å². The average molecular weight is 440 g/mol. The Labute approximate surface area is 185 Å². The number of rotatable bonds is 7. The monoisotopic (exact) mass is 439 g/mol. The number of benzene rings is 2. The molecule has 0 saturated carbocycles. The van der Waals surface area contributed by atoms with Crippen molar-refractivity contribution >= 4 is 34.4 Å². The third-order valence-electron chi connectivity index (χ3n) is 4.25. The van der Waals surface area contributed by atoms with Gasteiger partial charge in [0.1, 0.15) is 17.4 Å². The molecule has 0 atom stereocenters. The summed E-state index contributed by atoms with van der Waals surface area (Å²) in [4.78, 5) is 33.4. The Balaban J connectivity index is 0.000000221. The Hall–Kier alpha value is -3.45. The van der Waals surface area contributed by atoms with Crippen LogP contribution in [0.25, 0.3) is 11.1 Å². The number of thiophene rings is 1. The van der Waals surface area contributed by atoms with Crippen LogP contribution in [0, 0.1) is 6.92 Å². The molecule has 0 saturated heterocycles. The summed E-state index contributed by atoms with van der Waals surface area (Å²) in [7, 11) is 0. The van der Waals surface area contributed by atoms with Crippen molar-refractivity contribution in [2.24, 2.45) is 0 Å². The molecule has 7 heteroatoms. The van der Waals surface area contributed by atoms with Crippen molar-refractivity contribution in [3.05, 3.63) is 70.6 Å². The van der Waals surface area contributed by atoms with Crippen LogP contribution in [0.1, 0.15) is 39.4 Å². The minimum absolute atomic E-state index is 0.0836. The van der Waals surface area contributed by atoms with Crippen LogP contribution in [0.5, 0.6) is 5.75 Å². The number of nitrogens with two attached hydrogens (primary N) is 1. The van der Waals surface area contributed by atoms with Crippen molar-refractivity contribution < 1.29 is 23.9 Å². The summed E-state index contributed by atoms with van der Waals surface area (Å²) in [5.74, 6) is 0.169. The van der Waals surface area contributed by atoms with Crippen LogP contribution in [0.4, 0.5) is 5.00 Å². The number of esters is 1. The molecule has 0 fully saturated rings. The molecule has 0 amide bonds. The number of hydrogen-bond donors (Lipinski definition) is 1. The Morgan fingerprint density at radius 3 is 2.16 bits per heavy atom. The summed E-state index contributed by atoms with van der Waals surface area (Å²) < 4.78 is 10.0. The molecule has 1 aromatic heterocycles. The quantitative estimate of drug-likeness (QED) is 0.318. The lowest BCUT2D eigenvalue weighted by atomic mass is 10.1. The van der Waals surface area contributed by atoms with Crippen LogP contribution in [-0.2, 0) is 9.53 Å². The zero-order chi connectivity index (χ0) is 22.8. The zero-order valence-corrected chi connectivity index (χ0v) is 18.5. The lowest BCUT2D eigenvalue weighted by molar-refractivity contribution is -0.109. The molecular formula is C24H25NO5S. The van der Waals surface area contributed by atoms with E-state index in [1.165, 1.54) is 12.5 Å². The number of nitrogen functional groups attached to an aromatic ring is 1. The first-order valence-electron chi connectivity index (χ1n) is 9.67. The fourth-order valence-electron chi connectivity index (χ4n) is 2.83. The van der Waals surface area contributed by atoms with Gasteiger partial charge >= 0.3 is 5.97 Å². The third kappa shape index (κ3) is 6.52. The van der Waals surface area contributed by atoms with Crippen molar-refractivity contribution in [2.45, 2.75) is 20.8 Å². The molecule has 3 rings (SSSR count). The number of carbonyl (C=O) groups is 3. The van der Waals surface area contributed by atoms with Crippen LogP contribution in [-0.4, -0.2) is 31.3 Å². The highest BCUT2D eigenvalue weighted by molar-refractivity contribution is 7.18. The second-order valence-corrected chi connectivity index (χ2v) is 7.49. The number of ether oxygens (including phenoxy) is 2. The molecule has 0 spiro atoms. The van der Waals surface area contributed by atoms with E-state index in [0.29, 0.717) is 33.4 Å². The first kappa shape index (κ1) is 23.8. The van der Waals surface area contributed by atoms with E-state index < -0.39 is 5.97 Å². The fourth-order valence-corrected chi connectivity index (χ4v) is 3.79. The van der Waals surface area contributed by atoms with Crippen LogP contribution in [0.2, 0.25) is 0 Å². The number of aldehydes is 1. The Morgan fingerprint density at radius 2 is 1.65 bits per heavy atom. The van der Waals surface area contributed by atoms with Crippen LogP contribution < -0.4 is 10.5 Å². The molecule has 0 bridgehead atoms. The third-order valence-corrected chi connectivity index (χ3v) is 5.47. The summed E-state index contributed by atoms with van der Waals surface area (Å²) in [5.41, 5.74) is 8.93. The standard InChI is InChI=1S/C14H12O2.C10H13NO3S/c15-10-11-16-14-8-6-13(7-9-14)12-4-2-1-3-5-12;1-4-14-10(13)7-5(2)8(6(3)12)15-9(7)11/h1-10H,11H2;4,11H2,1-3H3. The maximum Gasteiger partial charge on any atom is 0.341 e. The van der Waals surface area contributed by atoms with Crippen LogP contribution in [0.3, 0.4) is 0 Å². The van der Waals surface area contributed by atoms with Crippen LogP contribution in [0.15, 0.2) is 54.6 Å². The van der Waals surface area contributed by atoms with E-state index in [-0.39, 0.29) is 12.4 Å². The molecular weight excluding hydrogens is 414 g/mol.